The van der Waals surface area contributed by atoms with Gasteiger partial charge in [0.15, 0.2) is 0 Å². The van der Waals surface area contributed by atoms with E-state index in [1.807, 2.05) is 18.7 Å². The van der Waals surface area contributed by atoms with Crippen LogP contribution in [0.25, 0.3) is 0 Å². The lowest BCUT2D eigenvalue weighted by molar-refractivity contribution is -0.140. The Balaban J connectivity index is 1.62. The maximum absolute atomic E-state index is 13.2. The highest BCUT2D eigenvalue weighted by Gasteiger charge is 2.34. The van der Waals surface area contributed by atoms with Gasteiger partial charge >= 0.3 is 0 Å². The smallest absolute Gasteiger partial charge is 0.254 e. The number of carbonyl (C=O) groups excluding carboxylic acids is 2. The highest BCUT2D eigenvalue weighted by Crippen LogP contribution is 2.31. The molecule has 2 aromatic rings. The summed E-state index contributed by atoms with van der Waals surface area (Å²) in [6.45, 7) is 5.53. The SMILES string of the molecule is CCC(CC)C(=O)N1CCCC[C@H]1c1nc2c(c(=O)[nH]1)CCN(C(=O)c1ccncc1)C2. The number of aromatic nitrogens is 3. The van der Waals surface area contributed by atoms with Gasteiger partial charge in [-0.3, -0.25) is 19.4 Å². The highest BCUT2D eigenvalue weighted by atomic mass is 16.2. The van der Waals surface area contributed by atoms with Gasteiger partial charge in [-0.2, -0.15) is 0 Å². The van der Waals surface area contributed by atoms with Crippen molar-refractivity contribution < 1.29 is 9.59 Å². The second-order valence-electron chi connectivity index (χ2n) is 8.65. The molecule has 8 heteroatoms. The first-order chi connectivity index (χ1) is 15.5. The largest absolute Gasteiger partial charge is 0.332 e. The topological polar surface area (TPSA) is 99.3 Å². The molecule has 8 nitrogen and oxygen atoms in total. The zero-order valence-electron chi connectivity index (χ0n) is 18.8. The first-order valence-electron chi connectivity index (χ1n) is 11.6. The van der Waals surface area contributed by atoms with Crippen molar-refractivity contribution in [1.82, 2.24) is 24.8 Å². The number of carbonyl (C=O) groups is 2. The molecule has 2 amide bonds. The van der Waals surface area contributed by atoms with Crippen LogP contribution in [0.5, 0.6) is 0 Å². The molecule has 4 heterocycles. The third-order valence-corrected chi connectivity index (χ3v) is 6.74. The van der Waals surface area contributed by atoms with Crippen LogP contribution in [0.3, 0.4) is 0 Å². The Kier molecular flexibility index (Phi) is 6.67. The van der Waals surface area contributed by atoms with Crippen LogP contribution < -0.4 is 5.56 Å². The van der Waals surface area contributed by atoms with Gasteiger partial charge in [0, 0.05) is 42.5 Å². The molecular formula is C24H31N5O3. The number of amides is 2. The lowest BCUT2D eigenvalue weighted by atomic mass is 9.95. The van der Waals surface area contributed by atoms with E-state index in [0.29, 0.717) is 48.7 Å². The molecule has 4 rings (SSSR count). The van der Waals surface area contributed by atoms with Gasteiger partial charge in [-0.15, -0.1) is 0 Å². The van der Waals surface area contributed by atoms with Gasteiger partial charge in [0.2, 0.25) is 5.91 Å². The van der Waals surface area contributed by atoms with Crippen molar-refractivity contribution in [2.75, 3.05) is 13.1 Å². The third kappa shape index (κ3) is 4.31. The number of nitrogens with zero attached hydrogens (tertiary/aromatic N) is 4. The standard InChI is InChI=1S/C24H31N5O3/c1-3-16(4-2)24(32)29-13-6-5-7-20(29)21-26-19-15-28(14-10-18(19)22(30)27-21)23(31)17-8-11-25-12-9-17/h8-9,11-12,16,20H,3-7,10,13-15H2,1-2H3,(H,26,27,30)/t20-/m0/s1. The van der Waals surface area contributed by atoms with E-state index in [9.17, 15) is 14.4 Å². The average molecular weight is 438 g/mol. The highest BCUT2D eigenvalue weighted by molar-refractivity contribution is 5.94. The number of rotatable bonds is 5. The van der Waals surface area contributed by atoms with Gasteiger partial charge in [0.25, 0.3) is 11.5 Å². The van der Waals surface area contributed by atoms with Crippen molar-refractivity contribution in [3.8, 4) is 0 Å². The molecule has 0 bridgehead atoms. The van der Waals surface area contributed by atoms with Crippen LogP contribution in [0.4, 0.5) is 0 Å². The van der Waals surface area contributed by atoms with E-state index >= 15 is 0 Å². The minimum atomic E-state index is -0.221. The monoisotopic (exact) mass is 437 g/mol. The fraction of sp³-hybridized carbons (Fsp3) is 0.542. The summed E-state index contributed by atoms with van der Waals surface area (Å²) in [7, 11) is 0. The molecule has 0 unspecified atom stereocenters. The van der Waals surface area contributed by atoms with Crippen LogP contribution in [-0.2, 0) is 17.8 Å². The van der Waals surface area contributed by atoms with Gasteiger partial charge in [0.05, 0.1) is 18.3 Å². The van der Waals surface area contributed by atoms with Gasteiger partial charge in [0.1, 0.15) is 5.82 Å². The van der Waals surface area contributed by atoms with Crippen molar-refractivity contribution in [2.45, 2.75) is 65.0 Å². The van der Waals surface area contributed by atoms with Crippen LogP contribution >= 0.6 is 0 Å². The summed E-state index contributed by atoms with van der Waals surface area (Å²) < 4.78 is 0. The van der Waals surface area contributed by atoms with E-state index in [2.05, 4.69) is 9.97 Å². The number of nitrogens with one attached hydrogen (secondary N) is 1. The van der Waals surface area contributed by atoms with Crippen molar-refractivity contribution in [3.05, 3.63) is 57.5 Å². The van der Waals surface area contributed by atoms with Crippen molar-refractivity contribution in [3.63, 3.8) is 0 Å². The zero-order chi connectivity index (χ0) is 22.7. The molecule has 1 N–H and O–H groups in total. The van der Waals surface area contributed by atoms with Gasteiger partial charge < -0.3 is 14.8 Å². The molecule has 170 valence electrons. The maximum Gasteiger partial charge on any atom is 0.254 e. The summed E-state index contributed by atoms with van der Waals surface area (Å²) in [6.07, 6.45) is 8.01. The number of hydrogen-bond donors (Lipinski definition) is 1. The molecule has 1 atom stereocenters. The number of piperidine rings is 1. The van der Waals surface area contributed by atoms with E-state index in [-0.39, 0.29) is 29.3 Å². The van der Waals surface area contributed by atoms with Crippen LogP contribution in [0, 0.1) is 5.92 Å². The second-order valence-corrected chi connectivity index (χ2v) is 8.65. The van der Waals surface area contributed by atoms with E-state index in [1.165, 1.54) is 0 Å². The Hall–Kier alpha value is -3.03. The number of likely N-dealkylation sites (tertiary alicyclic amines) is 1. The number of aromatic amines is 1. The van der Waals surface area contributed by atoms with Crippen LogP contribution in [0.2, 0.25) is 0 Å². The number of H-pyrrole nitrogens is 1. The normalized spacial score (nSPS) is 18.5. The fourth-order valence-electron chi connectivity index (χ4n) is 4.82. The Morgan fingerprint density at radius 1 is 1.16 bits per heavy atom. The molecule has 0 radical (unpaired) electrons. The molecule has 0 aliphatic carbocycles. The maximum atomic E-state index is 13.2. The van der Waals surface area contributed by atoms with Crippen molar-refractivity contribution >= 4 is 11.8 Å². The molecule has 2 aliphatic heterocycles. The number of hydrogen-bond acceptors (Lipinski definition) is 5. The molecule has 0 spiro atoms. The number of pyridine rings is 1. The predicted octanol–water partition coefficient (Wildman–Crippen LogP) is 2.85. The van der Waals surface area contributed by atoms with E-state index in [4.69, 9.17) is 4.98 Å². The van der Waals surface area contributed by atoms with Gasteiger partial charge in [-0.1, -0.05) is 13.8 Å². The molecule has 2 aliphatic rings. The minimum Gasteiger partial charge on any atom is -0.332 e. The van der Waals surface area contributed by atoms with E-state index < -0.39 is 0 Å². The summed E-state index contributed by atoms with van der Waals surface area (Å²) in [4.78, 5) is 54.3. The van der Waals surface area contributed by atoms with Crippen molar-refractivity contribution in [2.24, 2.45) is 5.92 Å². The third-order valence-electron chi connectivity index (χ3n) is 6.74. The predicted molar refractivity (Wildman–Crippen MR) is 120 cm³/mol. The van der Waals surface area contributed by atoms with Crippen LogP contribution in [0.15, 0.2) is 29.3 Å². The molecule has 0 aromatic carbocycles. The quantitative estimate of drug-likeness (QED) is 0.775. The van der Waals surface area contributed by atoms with Crippen LogP contribution in [0.1, 0.15) is 79.4 Å². The molecule has 0 saturated carbocycles. The van der Waals surface area contributed by atoms with Crippen LogP contribution in [-0.4, -0.2) is 49.7 Å². The lowest BCUT2D eigenvalue weighted by Gasteiger charge is -2.37. The van der Waals surface area contributed by atoms with Gasteiger partial charge in [-0.05, 0) is 50.7 Å². The van der Waals surface area contributed by atoms with Gasteiger partial charge in [-0.25, -0.2) is 4.98 Å². The molecule has 32 heavy (non-hydrogen) atoms. The first-order valence-corrected chi connectivity index (χ1v) is 11.6. The zero-order valence-corrected chi connectivity index (χ0v) is 18.8. The van der Waals surface area contributed by atoms with E-state index in [1.54, 1.807) is 29.4 Å². The lowest BCUT2D eigenvalue weighted by Crippen LogP contribution is -2.44. The molecule has 2 aromatic heterocycles. The first kappa shape index (κ1) is 22.2. The second kappa shape index (κ2) is 9.63. The van der Waals surface area contributed by atoms with Crippen molar-refractivity contribution in [1.29, 1.82) is 0 Å². The Morgan fingerprint density at radius 3 is 2.62 bits per heavy atom. The summed E-state index contributed by atoms with van der Waals surface area (Å²) in [6, 6.07) is 3.16. The molecule has 1 saturated heterocycles. The number of fused-ring (bicyclic) bond motifs is 1. The summed E-state index contributed by atoms with van der Waals surface area (Å²) in [5.74, 6) is 0.596. The Bertz CT molecular complexity index is 1030. The summed E-state index contributed by atoms with van der Waals surface area (Å²) >= 11 is 0. The molecular weight excluding hydrogens is 406 g/mol. The summed E-state index contributed by atoms with van der Waals surface area (Å²) in [5, 5.41) is 0. The Labute approximate surface area is 188 Å². The molecule has 1 fully saturated rings. The Morgan fingerprint density at radius 2 is 1.91 bits per heavy atom. The summed E-state index contributed by atoms with van der Waals surface area (Å²) in [5.41, 5.74) is 1.70. The minimum absolute atomic E-state index is 0.00609. The average Bonchev–Trinajstić information content (AvgIpc) is 2.84. The fourth-order valence-corrected chi connectivity index (χ4v) is 4.82. The van der Waals surface area contributed by atoms with E-state index in [0.717, 1.165) is 32.1 Å².